The molecule has 24 heavy (non-hydrogen) atoms. The Morgan fingerprint density at radius 3 is 2.71 bits per heavy atom. The van der Waals surface area contributed by atoms with Gasteiger partial charge in [0.05, 0.1) is 13.0 Å². The lowest BCUT2D eigenvalue weighted by atomic mass is 9.48. The van der Waals surface area contributed by atoms with E-state index in [1.807, 2.05) is 6.08 Å². The van der Waals surface area contributed by atoms with Gasteiger partial charge >= 0.3 is 5.97 Å². The second kappa shape index (κ2) is 5.31. The maximum atomic E-state index is 13.0. The fraction of sp³-hybridized carbons (Fsp3) is 0.714. The lowest BCUT2D eigenvalue weighted by Gasteiger charge is -2.55. The zero-order valence-corrected chi connectivity index (χ0v) is 15.0. The summed E-state index contributed by atoms with van der Waals surface area (Å²) in [5.41, 5.74) is 1.31. The predicted octanol–water partition coefficient (Wildman–Crippen LogP) is 4.08. The van der Waals surface area contributed by atoms with E-state index in [0.29, 0.717) is 17.6 Å². The van der Waals surface area contributed by atoms with Gasteiger partial charge in [-0.1, -0.05) is 26.0 Å². The van der Waals surface area contributed by atoms with Crippen LogP contribution in [-0.4, -0.2) is 18.9 Å². The van der Waals surface area contributed by atoms with Crippen LogP contribution in [0, 0.1) is 34.5 Å². The summed E-state index contributed by atoms with van der Waals surface area (Å²) in [5, 5.41) is 0. The molecule has 0 amide bonds. The van der Waals surface area contributed by atoms with E-state index < -0.39 is 0 Å². The highest BCUT2D eigenvalue weighted by molar-refractivity contribution is 5.95. The van der Waals surface area contributed by atoms with E-state index in [2.05, 4.69) is 26.0 Å². The van der Waals surface area contributed by atoms with Gasteiger partial charge in [-0.15, -0.1) is 0 Å². The fourth-order valence-electron chi connectivity index (χ4n) is 6.57. The third kappa shape index (κ3) is 1.96. The summed E-state index contributed by atoms with van der Waals surface area (Å²) >= 11 is 0. The van der Waals surface area contributed by atoms with E-state index in [1.165, 1.54) is 12.7 Å². The zero-order valence-electron chi connectivity index (χ0n) is 15.0. The number of carbonyl (C=O) groups is 2. The first-order valence-electron chi connectivity index (χ1n) is 9.42. The zero-order chi connectivity index (χ0) is 17.1. The van der Waals surface area contributed by atoms with Crippen LogP contribution in [0.25, 0.3) is 0 Å². The van der Waals surface area contributed by atoms with Gasteiger partial charge < -0.3 is 4.74 Å². The van der Waals surface area contributed by atoms with Crippen LogP contribution < -0.4 is 0 Å². The smallest absolute Gasteiger partial charge is 0.309 e. The molecule has 0 spiro atoms. The number of ketones is 1. The Labute approximate surface area is 144 Å². The van der Waals surface area contributed by atoms with E-state index in [0.717, 1.165) is 38.5 Å². The lowest BCUT2D eigenvalue weighted by molar-refractivity contribution is -0.154. The minimum atomic E-state index is -0.0789. The van der Waals surface area contributed by atoms with Crippen LogP contribution in [0.1, 0.15) is 52.4 Å². The van der Waals surface area contributed by atoms with E-state index in [1.54, 1.807) is 0 Å². The first-order chi connectivity index (χ1) is 11.4. The van der Waals surface area contributed by atoms with Gasteiger partial charge in [0, 0.05) is 5.92 Å². The fourth-order valence-corrected chi connectivity index (χ4v) is 6.57. The molecule has 4 rings (SSSR count). The molecule has 0 aromatic rings. The van der Waals surface area contributed by atoms with Crippen molar-refractivity contribution >= 4 is 11.8 Å². The summed E-state index contributed by atoms with van der Waals surface area (Å²) in [7, 11) is 1.49. The molecule has 130 valence electrons. The van der Waals surface area contributed by atoms with Crippen LogP contribution in [0.5, 0.6) is 0 Å². The molecular formula is C21H28O3. The molecule has 0 saturated heterocycles. The van der Waals surface area contributed by atoms with Crippen molar-refractivity contribution in [1.29, 1.82) is 0 Å². The number of methoxy groups -OCH3 is 1. The number of ether oxygens (including phenoxy) is 1. The Balaban J connectivity index is 1.73. The average Bonchev–Trinajstić information content (AvgIpc) is 2.92. The third-order valence-electron chi connectivity index (χ3n) is 7.99. The van der Waals surface area contributed by atoms with Crippen molar-refractivity contribution in [3.8, 4) is 0 Å². The van der Waals surface area contributed by atoms with Gasteiger partial charge in [0.25, 0.3) is 0 Å². The SMILES string of the molecule is COC(=O)[C@@H]1CC[C@@H]2[C@H]3C(=O)C=C4C=CCC[C@]4(C)[C@@H]3CC[C@@]21C. The van der Waals surface area contributed by atoms with Gasteiger partial charge in [0.1, 0.15) is 0 Å². The normalized spacial score (nSPS) is 46.6. The standard InChI is InChI=1S/C21H28O3/c1-20-10-5-4-6-13(20)12-17(22)18-14-7-8-16(19(23)24-3)21(14,2)11-9-15(18)20/h4,6,12,14-16,18H,5,7-11H2,1-3H3/t14-,15-,16+,18-,20+,21+/m1/s1. The summed E-state index contributed by atoms with van der Waals surface area (Å²) < 4.78 is 5.07. The number of hydrogen-bond acceptors (Lipinski definition) is 3. The Morgan fingerprint density at radius 2 is 1.96 bits per heavy atom. The van der Waals surface area contributed by atoms with Gasteiger partial charge in [0.2, 0.25) is 0 Å². The molecule has 0 heterocycles. The molecule has 6 atom stereocenters. The molecule has 0 aromatic heterocycles. The highest BCUT2D eigenvalue weighted by Crippen LogP contribution is 2.65. The van der Waals surface area contributed by atoms with Crippen molar-refractivity contribution in [2.75, 3.05) is 7.11 Å². The lowest BCUT2D eigenvalue weighted by Crippen LogP contribution is -2.52. The highest BCUT2D eigenvalue weighted by Gasteiger charge is 2.61. The Bertz CT molecular complexity index is 645. The van der Waals surface area contributed by atoms with Crippen molar-refractivity contribution in [3.05, 3.63) is 23.8 Å². The number of esters is 1. The molecule has 0 aromatic carbocycles. The van der Waals surface area contributed by atoms with Crippen LogP contribution >= 0.6 is 0 Å². The molecular weight excluding hydrogens is 300 g/mol. The molecule has 0 bridgehead atoms. The highest BCUT2D eigenvalue weighted by atomic mass is 16.5. The van der Waals surface area contributed by atoms with Crippen molar-refractivity contribution in [1.82, 2.24) is 0 Å². The molecule has 2 saturated carbocycles. The van der Waals surface area contributed by atoms with Crippen LogP contribution in [0.15, 0.2) is 23.8 Å². The summed E-state index contributed by atoms with van der Waals surface area (Å²) in [6, 6.07) is 0. The van der Waals surface area contributed by atoms with E-state index in [9.17, 15) is 9.59 Å². The molecule has 3 nitrogen and oxygen atoms in total. The third-order valence-corrected chi connectivity index (χ3v) is 7.99. The minimum absolute atomic E-state index is 0.0364. The van der Waals surface area contributed by atoms with Gasteiger partial charge in [0.15, 0.2) is 5.78 Å². The van der Waals surface area contributed by atoms with E-state index in [4.69, 9.17) is 4.74 Å². The molecule has 0 aliphatic heterocycles. The number of rotatable bonds is 1. The molecule has 4 aliphatic carbocycles. The quantitative estimate of drug-likeness (QED) is 0.681. The van der Waals surface area contributed by atoms with Gasteiger partial charge in [-0.2, -0.15) is 0 Å². The monoisotopic (exact) mass is 328 g/mol. The van der Waals surface area contributed by atoms with Gasteiger partial charge in [-0.25, -0.2) is 0 Å². The minimum Gasteiger partial charge on any atom is -0.469 e. The topological polar surface area (TPSA) is 43.4 Å². The van der Waals surface area contributed by atoms with Crippen molar-refractivity contribution in [2.24, 2.45) is 34.5 Å². The van der Waals surface area contributed by atoms with Crippen LogP contribution in [0.3, 0.4) is 0 Å². The first-order valence-corrected chi connectivity index (χ1v) is 9.42. The van der Waals surface area contributed by atoms with Gasteiger partial charge in [-0.05, 0) is 72.8 Å². The van der Waals surface area contributed by atoms with Crippen molar-refractivity contribution in [3.63, 3.8) is 0 Å². The van der Waals surface area contributed by atoms with Gasteiger partial charge in [-0.3, -0.25) is 9.59 Å². The van der Waals surface area contributed by atoms with Crippen LogP contribution in [0.2, 0.25) is 0 Å². The molecule has 0 N–H and O–H groups in total. The summed E-state index contributed by atoms with van der Waals surface area (Å²) in [6.45, 7) is 4.60. The second-order valence-electron chi connectivity index (χ2n) is 8.80. The van der Waals surface area contributed by atoms with E-state index in [-0.39, 0.29) is 28.6 Å². The van der Waals surface area contributed by atoms with Crippen LogP contribution in [0.4, 0.5) is 0 Å². The number of allylic oxidation sites excluding steroid dienone is 4. The maximum Gasteiger partial charge on any atom is 0.309 e. The average molecular weight is 328 g/mol. The number of carbonyl (C=O) groups excluding carboxylic acids is 2. The molecule has 2 fully saturated rings. The second-order valence-corrected chi connectivity index (χ2v) is 8.80. The Kier molecular flexibility index (Phi) is 3.56. The summed E-state index contributed by atoms with van der Waals surface area (Å²) in [4.78, 5) is 25.3. The molecule has 0 unspecified atom stereocenters. The predicted molar refractivity (Wildman–Crippen MR) is 92.1 cm³/mol. The van der Waals surface area contributed by atoms with Crippen LogP contribution in [-0.2, 0) is 14.3 Å². The molecule has 3 heteroatoms. The van der Waals surface area contributed by atoms with Crippen molar-refractivity contribution in [2.45, 2.75) is 52.4 Å². The first kappa shape index (κ1) is 16.1. The Morgan fingerprint density at radius 1 is 1.17 bits per heavy atom. The maximum absolute atomic E-state index is 13.0. The van der Waals surface area contributed by atoms with E-state index >= 15 is 0 Å². The number of fused-ring (bicyclic) bond motifs is 5. The molecule has 4 aliphatic rings. The summed E-state index contributed by atoms with van der Waals surface area (Å²) in [5.74, 6) is 1.05. The summed E-state index contributed by atoms with van der Waals surface area (Å²) in [6.07, 6.45) is 12.5. The Hall–Kier alpha value is -1.38. The molecule has 0 radical (unpaired) electrons. The number of hydrogen-bond donors (Lipinski definition) is 0. The van der Waals surface area contributed by atoms with Crippen molar-refractivity contribution < 1.29 is 14.3 Å². The largest absolute Gasteiger partial charge is 0.469 e.